The molecule has 36 heavy (non-hydrogen) atoms. The van der Waals surface area contributed by atoms with E-state index in [0.717, 1.165) is 22.2 Å². The highest BCUT2D eigenvalue weighted by Crippen LogP contribution is 2.52. The van der Waals surface area contributed by atoms with Crippen LogP contribution in [0.2, 0.25) is 0 Å². The zero-order chi connectivity index (χ0) is 26.0. The van der Waals surface area contributed by atoms with Crippen molar-refractivity contribution in [1.82, 2.24) is 4.57 Å². The number of nitrogens with zero attached hydrogens (tertiary/aromatic N) is 1. The average molecular weight is 505 g/mol. The molecule has 0 bridgehead atoms. The third-order valence-electron chi connectivity index (χ3n) is 6.95. The van der Waals surface area contributed by atoms with E-state index >= 15 is 0 Å². The van der Waals surface area contributed by atoms with E-state index in [4.69, 9.17) is 0 Å². The Bertz CT molecular complexity index is 1370. The van der Waals surface area contributed by atoms with Gasteiger partial charge in [0.05, 0.1) is 30.2 Å². The van der Waals surface area contributed by atoms with Crippen LogP contribution < -0.4 is 14.8 Å². The van der Waals surface area contributed by atoms with Gasteiger partial charge in [-0.1, -0.05) is 26.8 Å². The van der Waals surface area contributed by atoms with Gasteiger partial charge in [-0.3, -0.25) is 4.79 Å². The number of halogens is 2. The van der Waals surface area contributed by atoms with Crippen LogP contribution in [0.25, 0.3) is 10.9 Å². The number of ether oxygens (including phenoxy) is 2. The highest BCUT2D eigenvalue weighted by atomic mass is 19.3. The first-order valence-electron chi connectivity index (χ1n) is 12.0. The van der Waals surface area contributed by atoms with Gasteiger partial charge in [0.1, 0.15) is 0 Å². The molecule has 3 aromatic rings. The SMILES string of the molecule is Cc1cc(NC(=O)C2(c3ccc4c(c3)OC(F)(F)O4)CC2)cc2cc(C(C)(C)C)n(C[C@H](O)CO)c12.[HH].[HH]. The van der Waals surface area contributed by atoms with Gasteiger partial charge >= 0.3 is 6.29 Å². The van der Waals surface area contributed by atoms with Crippen molar-refractivity contribution in [3.63, 3.8) is 0 Å². The van der Waals surface area contributed by atoms with E-state index in [1.807, 2.05) is 29.7 Å². The van der Waals surface area contributed by atoms with Crippen molar-refractivity contribution in [2.24, 2.45) is 0 Å². The van der Waals surface area contributed by atoms with Gasteiger partial charge in [-0.05, 0) is 61.2 Å². The zero-order valence-electron chi connectivity index (χ0n) is 20.7. The molecular formula is C27H34F2N2O5. The maximum atomic E-state index is 13.4. The highest BCUT2D eigenvalue weighted by molar-refractivity contribution is 6.03. The van der Waals surface area contributed by atoms with Gasteiger partial charge in [0.2, 0.25) is 5.91 Å². The fourth-order valence-electron chi connectivity index (χ4n) is 5.05. The lowest BCUT2D eigenvalue weighted by molar-refractivity contribution is -0.286. The minimum atomic E-state index is -3.71. The van der Waals surface area contributed by atoms with E-state index in [0.29, 0.717) is 24.1 Å². The van der Waals surface area contributed by atoms with Crippen LogP contribution in [0.15, 0.2) is 36.4 Å². The summed E-state index contributed by atoms with van der Waals surface area (Å²) in [6.07, 6.45) is -3.40. The topological polar surface area (TPSA) is 93.0 Å². The lowest BCUT2D eigenvalue weighted by Gasteiger charge is -2.24. The van der Waals surface area contributed by atoms with E-state index in [-0.39, 0.29) is 38.8 Å². The van der Waals surface area contributed by atoms with Crippen LogP contribution in [-0.2, 0) is 22.2 Å². The molecule has 5 rings (SSSR count). The molecule has 0 spiro atoms. The first kappa shape index (κ1) is 24.5. The molecule has 1 aromatic heterocycles. The minimum absolute atomic E-state index is 0. The van der Waals surface area contributed by atoms with Gasteiger partial charge < -0.3 is 29.6 Å². The maximum absolute atomic E-state index is 13.4. The molecule has 1 amide bonds. The van der Waals surface area contributed by atoms with Crippen molar-refractivity contribution in [2.75, 3.05) is 11.9 Å². The summed E-state index contributed by atoms with van der Waals surface area (Å²) < 4.78 is 37.9. The Balaban J connectivity index is 0.00000200. The first-order valence-corrected chi connectivity index (χ1v) is 12.0. The molecule has 7 nitrogen and oxygen atoms in total. The summed E-state index contributed by atoms with van der Waals surface area (Å²) in [5.74, 6) is -0.334. The number of fused-ring (bicyclic) bond motifs is 2. The number of amides is 1. The number of carbonyl (C=O) groups excluding carboxylic acids is 1. The Morgan fingerprint density at radius 1 is 1.17 bits per heavy atom. The summed E-state index contributed by atoms with van der Waals surface area (Å²) in [6.45, 7) is 8.11. The average Bonchev–Trinajstić information content (AvgIpc) is 3.41. The van der Waals surface area contributed by atoms with Crippen molar-refractivity contribution in [2.45, 2.75) is 70.3 Å². The number of hydrogen-bond donors (Lipinski definition) is 3. The maximum Gasteiger partial charge on any atom is 0.586 e. The predicted octanol–water partition coefficient (Wildman–Crippen LogP) is 5.08. The molecular weight excluding hydrogens is 470 g/mol. The molecule has 0 unspecified atom stereocenters. The van der Waals surface area contributed by atoms with E-state index < -0.39 is 17.8 Å². The molecule has 1 saturated carbocycles. The Morgan fingerprint density at radius 3 is 2.50 bits per heavy atom. The van der Waals surface area contributed by atoms with Gasteiger partial charge in [-0.25, -0.2) is 0 Å². The van der Waals surface area contributed by atoms with E-state index in [9.17, 15) is 23.8 Å². The standard InChI is InChI=1S/C27H30F2N2O5.2H2/c1-15-9-18(10-16-11-22(25(2,3)4)31(23(15)16)13-19(33)14-32)30-24(34)26(7-8-26)17-5-6-20-21(12-17)36-27(28,29)35-20;;/h5-6,9-12,19,32-33H,7-8,13-14H2,1-4H3,(H,30,34);2*1H/t19-;;/m0../s1. The van der Waals surface area contributed by atoms with Crippen molar-refractivity contribution in [3.05, 3.63) is 53.2 Å². The van der Waals surface area contributed by atoms with Crippen LogP contribution in [-0.4, -0.2) is 39.7 Å². The zero-order valence-corrected chi connectivity index (χ0v) is 20.7. The number of aliphatic hydroxyl groups is 2. The van der Waals surface area contributed by atoms with E-state index in [2.05, 4.69) is 35.6 Å². The first-order chi connectivity index (χ1) is 16.8. The molecule has 3 N–H and O–H groups in total. The Kier molecular flexibility index (Phi) is 5.57. The molecule has 1 aliphatic heterocycles. The number of nitrogens with one attached hydrogen (secondary N) is 1. The Hall–Kier alpha value is -3.17. The Morgan fingerprint density at radius 2 is 1.86 bits per heavy atom. The lowest BCUT2D eigenvalue weighted by Crippen LogP contribution is -2.28. The summed E-state index contributed by atoms with van der Waals surface area (Å²) >= 11 is 0. The number of aliphatic hydroxyl groups excluding tert-OH is 2. The van der Waals surface area contributed by atoms with Crippen molar-refractivity contribution >= 4 is 22.5 Å². The number of carbonyl (C=O) groups is 1. The normalized spacial score (nSPS) is 18.3. The molecule has 0 radical (unpaired) electrons. The van der Waals surface area contributed by atoms with E-state index in [1.54, 1.807) is 6.07 Å². The van der Waals surface area contributed by atoms with Gasteiger partial charge in [0, 0.05) is 25.0 Å². The summed E-state index contributed by atoms with van der Waals surface area (Å²) in [5, 5.41) is 23.5. The Labute approximate surface area is 210 Å². The second-order valence-corrected chi connectivity index (χ2v) is 10.8. The third-order valence-corrected chi connectivity index (χ3v) is 6.95. The molecule has 1 atom stereocenters. The largest absolute Gasteiger partial charge is 0.586 e. The van der Waals surface area contributed by atoms with Crippen LogP contribution in [0.5, 0.6) is 11.5 Å². The van der Waals surface area contributed by atoms with Crippen molar-refractivity contribution in [3.8, 4) is 11.5 Å². The summed E-state index contributed by atoms with van der Waals surface area (Å²) in [6, 6.07) is 10.3. The van der Waals surface area contributed by atoms with Crippen LogP contribution in [0.1, 0.15) is 53.3 Å². The molecule has 1 fully saturated rings. The van der Waals surface area contributed by atoms with Gasteiger partial charge in [-0.15, -0.1) is 8.78 Å². The molecule has 2 aliphatic rings. The van der Waals surface area contributed by atoms with Gasteiger partial charge in [-0.2, -0.15) is 0 Å². The second kappa shape index (κ2) is 8.18. The van der Waals surface area contributed by atoms with Gasteiger partial charge in [0.15, 0.2) is 11.5 Å². The predicted molar refractivity (Wildman–Crippen MR) is 135 cm³/mol. The van der Waals surface area contributed by atoms with Crippen molar-refractivity contribution < 1.29 is 36.1 Å². The van der Waals surface area contributed by atoms with Crippen LogP contribution in [0.4, 0.5) is 14.5 Å². The van der Waals surface area contributed by atoms with Crippen LogP contribution in [0.3, 0.4) is 0 Å². The quantitative estimate of drug-likeness (QED) is 0.435. The molecule has 1 aliphatic carbocycles. The fraction of sp³-hybridized carbons (Fsp3) is 0.444. The molecule has 9 heteroatoms. The number of benzene rings is 2. The number of hydrogen-bond acceptors (Lipinski definition) is 5. The van der Waals surface area contributed by atoms with Crippen LogP contribution in [0, 0.1) is 6.92 Å². The number of aryl methyl sites for hydroxylation is 1. The van der Waals surface area contributed by atoms with Crippen LogP contribution >= 0.6 is 0 Å². The number of alkyl halides is 2. The lowest BCUT2D eigenvalue weighted by atomic mass is 9.92. The minimum Gasteiger partial charge on any atom is -0.395 e. The monoisotopic (exact) mass is 504 g/mol. The summed E-state index contributed by atoms with van der Waals surface area (Å²) in [4.78, 5) is 13.4. The molecule has 2 heterocycles. The van der Waals surface area contributed by atoms with Gasteiger partial charge in [0.25, 0.3) is 0 Å². The molecule has 2 aromatic carbocycles. The number of anilines is 1. The summed E-state index contributed by atoms with van der Waals surface area (Å²) in [7, 11) is 0. The fourth-order valence-corrected chi connectivity index (χ4v) is 5.05. The number of rotatable bonds is 6. The smallest absolute Gasteiger partial charge is 0.395 e. The third kappa shape index (κ3) is 4.20. The summed E-state index contributed by atoms with van der Waals surface area (Å²) in [5.41, 5.74) is 3.07. The number of aromatic nitrogens is 1. The second-order valence-electron chi connectivity index (χ2n) is 10.8. The van der Waals surface area contributed by atoms with E-state index in [1.165, 1.54) is 12.1 Å². The van der Waals surface area contributed by atoms with Crippen molar-refractivity contribution in [1.29, 1.82) is 0 Å². The molecule has 196 valence electrons. The highest BCUT2D eigenvalue weighted by Gasteiger charge is 2.52. The molecule has 0 saturated heterocycles.